The molecule has 0 aliphatic carbocycles. The van der Waals surface area contributed by atoms with E-state index >= 15 is 0 Å². The van der Waals surface area contributed by atoms with Crippen LogP contribution >= 0.6 is 0 Å². The van der Waals surface area contributed by atoms with Crippen molar-refractivity contribution < 1.29 is 6.15 Å². The molecule has 1 aliphatic heterocycles. The summed E-state index contributed by atoms with van der Waals surface area (Å²) in [6.07, 6.45) is 17.2. The van der Waals surface area contributed by atoms with Crippen molar-refractivity contribution >= 4 is 19.2 Å². The van der Waals surface area contributed by atoms with Crippen LogP contribution in [0.2, 0.25) is 8.87 Å². The van der Waals surface area contributed by atoms with Crippen LogP contribution in [0.3, 0.4) is 0 Å². The van der Waals surface area contributed by atoms with E-state index in [4.69, 9.17) is 6.15 Å². The summed E-state index contributed by atoms with van der Waals surface area (Å²) in [5.74, 6) is 0. The fourth-order valence-corrected chi connectivity index (χ4v) is 15.3. The van der Waals surface area contributed by atoms with E-state index in [1.807, 2.05) is 0 Å². The van der Waals surface area contributed by atoms with E-state index < -0.39 is 19.2 Å². The van der Waals surface area contributed by atoms with Crippen LogP contribution in [0.1, 0.15) is 105 Å². The second kappa shape index (κ2) is 13.0. The molecule has 2 unspecified atom stereocenters. The van der Waals surface area contributed by atoms with E-state index in [1.54, 1.807) is 0 Å². The van der Waals surface area contributed by atoms with Gasteiger partial charge in [-0.1, -0.05) is 0 Å². The Balaban J connectivity index is 2.27. The van der Waals surface area contributed by atoms with E-state index in [0.717, 1.165) is 0 Å². The van der Waals surface area contributed by atoms with Crippen molar-refractivity contribution in [3.05, 3.63) is 0 Å². The molecule has 0 saturated carbocycles. The minimum atomic E-state index is -2.73. The van der Waals surface area contributed by atoms with Gasteiger partial charge in [-0.05, 0) is 0 Å². The molecule has 0 spiro atoms. The average Bonchev–Trinajstić information content (AvgIpc) is 2.81. The van der Waals surface area contributed by atoms with Crippen molar-refractivity contribution in [2.45, 2.75) is 126 Å². The summed E-state index contributed by atoms with van der Waals surface area (Å²) in [7, 11) is 0. The Morgan fingerprint density at radius 2 is 0.913 bits per heavy atom. The SMILES string of the molecule is CCCCCCC[CH2][Sn]1([CH2]CCCCCCC)[O]C(C)C(C)[O]1. The summed E-state index contributed by atoms with van der Waals surface area (Å²) in [6, 6.07) is 0. The molecule has 1 heterocycles. The van der Waals surface area contributed by atoms with Crippen molar-refractivity contribution in [1.29, 1.82) is 0 Å². The van der Waals surface area contributed by atoms with Gasteiger partial charge in [0.05, 0.1) is 0 Å². The molecule has 138 valence electrons. The number of unbranched alkanes of at least 4 members (excludes halogenated alkanes) is 10. The van der Waals surface area contributed by atoms with E-state index in [1.165, 1.54) is 85.9 Å². The van der Waals surface area contributed by atoms with Gasteiger partial charge < -0.3 is 0 Å². The van der Waals surface area contributed by atoms with Gasteiger partial charge in [-0.3, -0.25) is 0 Å². The fourth-order valence-electron chi connectivity index (χ4n) is 3.61. The molecule has 3 heteroatoms. The monoisotopic (exact) mass is 434 g/mol. The van der Waals surface area contributed by atoms with Crippen LogP contribution in [0.25, 0.3) is 0 Å². The summed E-state index contributed by atoms with van der Waals surface area (Å²) in [5, 5.41) is 0. The van der Waals surface area contributed by atoms with Crippen LogP contribution in [-0.2, 0) is 6.15 Å². The maximum atomic E-state index is 6.50. The van der Waals surface area contributed by atoms with E-state index in [-0.39, 0.29) is 0 Å². The van der Waals surface area contributed by atoms with Crippen LogP contribution in [0.5, 0.6) is 0 Å². The summed E-state index contributed by atoms with van der Waals surface area (Å²) >= 11 is -2.73. The summed E-state index contributed by atoms with van der Waals surface area (Å²) in [6.45, 7) is 9.00. The molecule has 0 amide bonds. The van der Waals surface area contributed by atoms with Crippen molar-refractivity contribution in [2.24, 2.45) is 0 Å². The Morgan fingerprint density at radius 3 is 1.30 bits per heavy atom. The maximum absolute atomic E-state index is 6.50. The van der Waals surface area contributed by atoms with E-state index in [2.05, 4.69) is 27.7 Å². The van der Waals surface area contributed by atoms with Gasteiger partial charge in [-0.15, -0.1) is 0 Å². The molecule has 1 aliphatic rings. The molecule has 0 radical (unpaired) electrons. The molecular formula is C20H42O2Sn. The summed E-state index contributed by atoms with van der Waals surface area (Å²) < 4.78 is 15.6. The molecule has 0 aromatic heterocycles. The van der Waals surface area contributed by atoms with Crippen molar-refractivity contribution in [1.82, 2.24) is 0 Å². The molecule has 1 fully saturated rings. The van der Waals surface area contributed by atoms with Crippen LogP contribution in [0.4, 0.5) is 0 Å². The van der Waals surface area contributed by atoms with Gasteiger partial charge in [0.15, 0.2) is 0 Å². The van der Waals surface area contributed by atoms with Gasteiger partial charge in [0.25, 0.3) is 0 Å². The van der Waals surface area contributed by atoms with Gasteiger partial charge in [0.1, 0.15) is 0 Å². The second-order valence-electron chi connectivity index (χ2n) is 7.59. The quantitative estimate of drug-likeness (QED) is 0.218. The zero-order chi connectivity index (χ0) is 17.0. The Labute approximate surface area is 151 Å². The molecule has 2 atom stereocenters. The first kappa shape index (κ1) is 21.8. The predicted octanol–water partition coefficient (Wildman–Crippen LogP) is 6.97. The van der Waals surface area contributed by atoms with Gasteiger partial charge in [-0.2, -0.15) is 0 Å². The molecule has 2 nitrogen and oxygen atoms in total. The summed E-state index contributed by atoms with van der Waals surface area (Å²) in [5.41, 5.74) is 0. The third-order valence-electron chi connectivity index (χ3n) is 5.28. The van der Waals surface area contributed by atoms with Crippen molar-refractivity contribution in [3.8, 4) is 0 Å². The van der Waals surface area contributed by atoms with Crippen molar-refractivity contribution in [2.75, 3.05) is 0 Å². The molecular weight excluding hydrogens is 391 g/mol. The van der Waals surface area contributed by atoms with Crippen molar-refractivity contribution in [3.63, 3.8) is 0 Å². The third-order valence-corrected chi connectivity index (χ3v) is 16.2. The Bertz CT molecular complexity index is 255. The molecule has 1 saturated heterocycles. The minimum absolute atomic E-state index is 0.339. The van der Waals surface area contributed by atoms with Gasteiger partial charge >= 0.3 is 151 Å². The Kier molecular flexibility index (Phi) is 12.3. The first-order valence-electron chi connectivity index (χ1n) is 10.5. The van der Waals surface area contributed by atoms with Crippen LogP contribution in [-0.4, -0.2) is 31.4 Å². The first-order chi connectivity index (χ1) is 11.1. The van der Waals surface area contributed by atoms with Crippen LogP contribution in [0.15, 0.2) is 0 Å². The van der Waals surface area contributed by atoms with Crippen LogP contribution in [0, 0.1) is 0 Å². The number of rotatable bonds is 14. The van der Waals surface area contributed by atoms with E-state index in [0.29, 0.717) is 12.2 Å². The zero-order valence-corrected chi connectivity index (χ0v) is 19.2. The van der Waals surface area contributed by atoms with Gasteiger partial charge in [0.2, 0.25) is 0 Å². The molecule has 1 rings (SSSR count). The average molecular weight is 433 g/mol. The first-order valence-corrected chi connectivity index (χ1v) is 16.9. The predicted molar refractivity (Wildman–Crippen MR) is 103 cm³/mol. The molecule has 23 heavy (non-hydrogen) atoms. The zero-order valence-electron chi connectivity index (χ0n) is 16.4. The normalized spacial score (nSPS) is 23.5. The molecule has 0 N–H and O–H groups in total. The van der Waals surface area contributed by atoms with Gasteiger partial charge in [0, 0.05) is 0 Å². The number of hydrogen-bond acceptors (Lipinski definition) is 2. The topological polar surface area (TPSA) is 18.5 Å². The Hall–Kier alpha value is 0.719. The van der Waals surface area contributed by atoms with E-state index in [9.17, 15) is 0 Å². The third kappa shape index (κ3) is 9.11. The summed E-state index contributed by atoms with van der Waals surface area (Å²) in [4.78, 5) is 0. The standard InChI is InChI=1S/2C8H17.C4H8O2.Sn/c2*1-3-5-7-8-6-4-2;1-3(5)4(2)6;/h2*1,3-8H2,2H3;3-4H,1-2H3;/q;;-2;+2. The van der Waals surface area contributed by atoms with Crippen LogP contribution < -0.4 is 0 Å². The Morgan fingerprint density at radius 1 is 0.565 bits per heavy atom. The molecule has 0 aromatic carbocycles. The molecule has 0 bridgehead atoms. The fraction of sp³-hybridized carbons (Fsp3) is 1.00. The second-order valence-corrected chi connectivity index (χ2v) is 17.0. The van der Waals surface area contributed by atoms with Gasteiger partial charge in [-0.25, -0.2) is 0 Å². The molecule has 0 aromatic rings. The number of hydrogen-bond donors (Lipinski definition) is 0.